The highest BCUT2D eigenvalue weighted by molar-refractivity contribution is 7.13. The number of thiazole rings is 1. The van der Waals surface area contributed by atoms with Gasteiger partial charge in [0.15, 0.2) is 0 Å². The van der Waals surface area contributed by atoms with Gasteiger partial charge in [-0.05, 0) is 20.8 Å². The van der Waals surface area contributed by atoms with Gasteiger partial charge >= 0.3 is 0 Å². The predicted octanol–water partition coefficient (Wildman–Crippen LogP) is 1.62. The zero-order chi connectivity index (χ0) is 17.1. The van der Waals surface area contributed by atoms with Crippen molar-refractivity contribution in [3.63, 3.8) is 0 Å². The van der Waals surface area contributed by atoms with Crippen molar-refractivity contribution in [3.05, 3.63) is 33.2 Å². The maximum atomic E-state index is 12.3. The van der Waals surface area contributed by atoms with Gasteiger partial charge in [-0.2, -0.15) is 0 Å². The molecular weight excluding hydrogens is 326 g/mol. The third kappa shape index (κ3) is 3.88. The quantitative estimate of drug-likeness (QED) is 0.905. The zero-order valence-electron chi connectivity index (χ0n) is 14.1. The number of hydrogen-bond acceptors (Lipinski definition) is 7. The Kier molecular flexibility index (Phi) is 5.06. The molecule has 0 aliphatic carbocycles. The molecule has 128 valence electrons. The zero-order valence-corrected chi connectivity index (χ0v) is 14.9. The summed E-state index contributed by atoms with van der Waals surface area (Å²) >= 11 is 1.40. The summed E-state index contributed by atoms with van der Waals surface area (Å²) in [5, 5.41) is 3.78. The highest BCUT2D eigenvalue weighted by Gasteiger charge is 2.16. The van der Waals surface area contributed by atoms with Gasteiger partial charge in [0, 0.05) is 24.8 Å². The van der Waals surface area contributed by atoms with Crippen molar-refractivity contribution in [2.24, 2.45) is 0 Å². The molecule has 1 fully saturated rings. The number of morpholine rings is 1. The van der Waals surface area contributed by atoms with Gasteiger partial charge in [-0.15, -0.1) is 11.3 Å². The highest BCUT2D eigenvalue weighted by atomic mass is 32.1. The summed E-state index contributed by atoms with van der Waals surface area (Å²) < 4.78 is 5.38. The van der Waals surface area contributed by atoms with Gasteiger partial charge < -0.3 is 15.0 Å². The minimum absolute atomic E-state index is 0.129. The molecule has 8 heteroatoms. The second kappa shape index (κ2) is 7.23. The van der Waals surface area contributed by atoms with Gasteiger partial charge in [0.05, 0.1) is 30.5 Å². The summed E-state index contributed by atoms with van der Waals surface area (Å²) in [7, 11) is 0. The first-order valence-electron chi connectivity index (χ1n) is 7.92. The van der Waals surface area contributed by atoms with Gasteiger partial charge in [-0.1, -0.05) is 0 Å². The number of aryl methyl sites for hydroxylation is 3. The molecule has 0 saturated carbocycles. The number of aromatic nitrogens is 3. The molecule has 3 rings (SSSR count). The molecule has 0 unspecified atom stereocenters. The van der Waals surface area contributed by atoms with Crippen molar-refractivity contribution >= 4 is 23.1 Å². The summed E-state index contributed by atoms with van der Waals surface area (Å²) in [6, 6.07) is 1.97. The number of carbonyl (C=O) groups excluding carboxylic acids is 1. The number of amides is 1. The van der Waals surface area contributed by atoms with Crippen LogP contribution in [0.3, 0.4) is 0 Å². The van der Waals surface area contributed by atoms with Crippen LogP contribution in [-0.4, -0.2) is 47.2 Å². The molecule has 2 aromatic heterocycles. The number of rotatable bonds is 4. The Morgan fingerprint density at radius 3 is 2.67 bits per heavy atom. The van der Waals surface area contributed by atoms with Crippen LogP contribution in [0, 0.1) is 20.8 Å². The highest BCUT2D eigenvalue weighted by Crippen LogP contribution is 2.17. The summed E-state index contributed by atoms with van der Waals surface area (Å²) in [5.41, 5.74) is 1.65. The lowest BCUT2D eigenvalue weighted by Crippen LogP contribution is -2.37. The lowest BCUT2D eigenvalue weighted by molar-refractivity contribution is 0.0953. The fourth-order valence-electron chi connectivity index (χ4n) is 2.63. The average molecular weight is 347 g/mol. The van der Waals surface area contributed by atoms with Gasteiger partial charge in [-0.3, -0.25) is 4.79 Å². The maximum Gasteiger partial charge on any atom is 0.263 e. The molecule has 1 aliphatic rings. The Labute approximate surface area is 145 Å². The molecule has 2 aromatic rings. The van der Waals surface area contributed by atoms with Gasteiger partial charge in [0.2, 0.25) is 0 Å². The van der Waals surface area contributed by atoms with E-state index in [0.29, 0.717) is 30.5 Å². The van der Waals surface area contributed by atoms with Gasteiger partial charge in [0.1, 0.15) is 16.5 Å². The Balaban J connectivity index is 1.69. The minimum Gasteiger partial charge on any atom is -0.378 e. The number of carbonyl (C=O) groups is 1. The predicted molar refractivity (Wildman–Crippen MR) is 92.6 cm³/mol. The van der Waals surface area contributed by atoms with E-state index in [2.05, 4.69) is 25.2 Å². The van der Waals surface area contributed by atoms with Gasteiger partial charge in [0.25, 0.3) is 5.91 Å². The molecular formula is C16H21N5O2S. The van der Waals surface area contributed by atoms with Crippen LogP contribution in [0.25, 0.3) is 0 Å². The van der Waals surface area contributed by atoms with Crippen molar-refractivity contribution in [1.82, 2.24) is 20.3 Å². The standard InChI is InChI=1S/C16H21N5O2S/c1-10-8-14(21-4-6-23-7-5-21)20-13(18-10)9-17-16(22)15-11(2)19-12(3)24-15/h8H,4-7,9H2,1-3H3,(H,17,22). The third-order valence-electron chi connectivity index (χ3n) is 3.74. The largest absolute Gasteiger partial charge is 0.378 e. The molecule has 1 N–H and O–H groups in total. The van der Waals surface area contributed by atoms with Crippen LogP contribution >= 0.6 is 11.3 Å². The van der Waals surface area contributed by atoms with E-state index in [4.69, 9.17) is 4.74 Å². The number of nitrogens with zero attached hydrogens (tertiary/aromatic N) is 4. The van der Waals surface area contributed by atoms with Crippen molar-refractivity contribution in [2.45, 2.75) is 27.3 Å². The van der Waals surface area contributed by atoms with Crippen LogP contribution in [-0.2, 0) is 11.3 Å². The van der Waals surface area contributed by atoms with E-state index in [1.54, 1.807) is 0 Å². The van der Waals surface area contributed by atoms with Crippen LogP contribution in [0.1, 0.15) is 31.9 Å². The summed E-state index contributed by atoms with van der Waals surface area (Å²) in [6.07, 6.45) is 0. The van der Waals surface area contributed by atoms with E-state index in [1.807, 2.05) is 26.8 Å². The Morgan fingerprint density at radius 1 is 1.25 bits per heavy atom. The second-order valence-corrected chi connectivity index (χ2v) is 6.92. The molecule has 1 amide bonds. The Morgan fingerprint density at radius 2 is 2.00 bits per heavy atom. The fourth-order valence-corrected chi connectivity index (χ4v) is 3.46. The van der Waals surface area contributed by atoms with E-state index < -0.39 is 0 Å². The van der Waals surface area contributed by atoms with Gasteiger partial charge in [-0.25, -0.2) is 15.0 Å². The van der Waals surface area contributed by atoms with Crippen LogP contribution in [0.15, 0.2) is 6.07 Å². The molecule has 0 atom stereocenters. The van der Waals surface area contributed by atoms with E-state index in [9.17, 15) is 4.79 Å². The molecule has 0 spiro atoms. The van der Waals surface area contributed by atoms with E-state index in [0.717, 1.165) is 35.3 Å². The Bertz CT molecular complexity index is 740. The van der Waals surface area contributed by atoms with Crippen LogP contribution < -0.4 is 10.2 Å². The van der Waals surface area contributed by atoms with Crippen molar-refractivity contribution in [3.8, 4) is 0 Å². The van der Waals surface area contributed by atoms with Crippen LogP contribution in [0.2, 0.25) is 0 Å². The topological polar surface area (TPSA) is 80.2 Å². The number of hydrogen-bond donors (Lipinski definition) is 1. The maximum absolute atomic E-state index is 12.3. The minimum atomic E-state index is -0.129. The molecule has 24 heavy (non-hydrogen) atoms. The van der Waals surface area contributed by atoms with Crippen LogP contribution in [0.5, 0.6) is 0 Å². The smallest absolute Gasteiger partial charge is 0.263 e. The number of ether oxygens (including phenoxy) is 1. The fraction of sp³-hybridized carbons (Fsp3) is 0.500. The van der Waals surface area contributed by atoms with E-state index >= 15 is 0 Å². The summed E-state index contributed by atoms with van der Waals surface area (Å²) in [6.45, 7) is 9.04. The van der Waals surface area contributed by atoms with E-state index in [1.165, 1.54) is 11.3 Å². The van der Waals surface area contributed by atoms with Crippen molar-refractivity contribution in [2.75, 3.05) is 31.2 Å². The molecule has 1 saturated heterocycles. The molecule has 3 heterocycles. The molecule has 7 nitrogen and oxygen atoms in total. The number of nitrogens with one attached hydrogen (secondary N) is 1. The lowest BCUT2D eigenvalue weighted by atomic mass is 10.3. The monoisotopic (exact) mass is 347 g/mol. The molecule has 0 bridgehead atoms. The first-order valence-corrected chi connectivity index (χ1v) is 8.74. The summed E-state index contributed by atoms with van der Waals surface area (Å²) in [5.74, 6) is 1.37. The molecule has 1 aliphatic heterocycles. The lowest BCUT2D eigenvalue weighted by Gasteiger charge is -2.28. The summed E-state index contributed by atoms with van der Waals surface area (Å²) in [4.78, 5) is 28.4. The van der Waals surface area contributed by atoms with Crippen molar-refractivity contribution < 1.29 is 9.53 Å². The molecule has 0 radical (unpaired) electrons. The Hall–Kier alpha value is -2.06. The molecule has 0 aromatic carbocycles. The number of anilines is 1. The normalized spacial score (nSPS) is 14.7. The average Bonchev–Trinajstić information content (AvgIpc) is 2.91. The first-order chi connectivity index (χ1) is 11.5. The first kappa shape index (κ1) is 16.8. The second-order valence-electron chi connectivity index (χ2n) is 5.71. The third-order valence-corrected chi connectivity index (χ3v) is 4.81. The van der Waals surface area contributed by atoms with Crippen molar-refractivity contribution in [1.29, 1.82) is 0 Å². The van der Waals surface area contributed by atoms with E-state index in [-0.39, 0.29) is 5.91 Å². The SMILES string of the molecule is Cc1cc(N2CCOCC2)nc(CNC(=O)c2sc(C)nc2C)n1. The van der Waals surface area contributed by atoms with Crippen LogP contribution in [0.4, 0.5) is 5.82 Å².